The lowest BCUT2D eigenvalue weighted by molar-refractivity contribution is -0.118. The summed E-state index contributed by atoms with van der Waals surface area (Å²) in [4.78, 5) is 15.3. The number of rotatable bonds is 2. The van der Waals surface area contributed by atoms with Crippen molar-refractivity contribution in [3.05, 3.63) is 23.3 Å². The Morgan fingerprint density at radius 1 is 1.35 bits per heavy atom. The highest BCUT2D eigenvalue weighted by Crippen LogP contribution is 2.35. The molecule has 1 aliphatic rings. The van der Waals surface area contributed by atoms with Gasteiger partial charge in [0.1, 0.15) is 0 Å². The van der Waals surface area contributed by atoms with Crippen LogP contribution in [0.2, 0.25) is 0 Å². The van der Waals surface area contributed by atoms with Gasteiger partial charge in [0, 0.05) is 0 Å². The van der Waals surface area contributed by atoms with Crippen molar-refractivity contribution in [1.82, 2.24) is 10.7 Å². The average molecular weight is 249 g/mol. The normalized spacial score (nSPS) is 12.8. The van der Waals surface area contributed by atoms with E-state index in [-0.39, 0.29) is 11.7 Å². The zero-order chi connectivity index (χ0) is 12.4. The molecular weight excluding hydrogens is 236 g/mol. The fraction of sp³-hybridized carbons (Fsp3) is 0.273. The summed E-state index contributed by atoms with van der Waals surface area (Å²) in [5.41, 5.74) is 6.18. The molecule has 0 saturated carbocycles. The number of carbonyl (C=O) groups is 1. The second-order valence-corrected chi connectivity index (χ2v) is 4.73. The van der Waals surface area contributed by atoms with Gasteiger partial charge in [-0.15, -0.1) is 0 Å². The standard InChI is InChI=1S/C11H13N4OS/c1-6-3-8-9(4-7(6)2)14-11(13-8)17-5-10(16)15-12/h3-4H,5,12H2,1-2H3,(H,15,16). The van der Waals surface area contributed by atoms with E-state index in [0.717, 1.165) is 11.4 Å². The van der Waals surface area contributed by atoms with Gasteiger partial charge in [0.2, 0.25) is 5.91 Å². The van der Waals surface area contributed by atoms with Gasteiger partial charge in [-0.1, -0.05) is 11.8 Å². The Morgan fingerprint density at radius 2 is 2.00 bits per heavy atom. The summed E-state index contributed by atoms with van der Waals surface area (Å²) in [5.74, 6) is 4.98. The van der Waals surface area contributed by atoms with Gasteiger partial charge in [0.15, 0.2) is 5.17 Å². The summed E-state index contributed by atoms with van der Waals surface area (Å²) in [5, 5.41) is 4.96. The Kier molecular flexibility index (Phi) is 3.35. The van der Waals surface area contributed by atoms with Gasteiger partial charge in [0.25, 0.3) is 0 Å². The molecule has 1 aliphatic heterocycles. The quantitative estimate of drug-likeness (QED) is 0.470. The van der Waals surface area contributed by atoms with Gasteiger partial charge < -0.3 is 0 Å². The molecule has 0 atom stereocenters. The number of amides is 1. The molecule has 0 bridgehead atoms. The summed E-state index contributed by atoms with van der Waals surface area (Å²) in [6.07, 6.45) is 0. The van der Waals surface area contributed by atoms with E-state index in [9.17, 15) is 4.79 Å². The number of nitrogens with two attached hydrogens (primary N) is 1. The largest absolute Gasteiger partial charge is 0.294 e. The second-order valence-electron chi connectivity index (χ2n) is 3.79. The molecule has 1 heterocycles. The Morgan fingerprint density at radius 3 is 2.65 bits per heavy atom. The van der Waals surface area contributed by atoms with E-state index in [1.807, 2.05) is 26.0 Å². The monoisotopic (exact) mass is 249 g/mol. The Balaban J connectivity index is 2.07. The fourth-order valence-electron chi connectivity index (χ4n) is 1.43. The number of benzene rings is 1. The lowest BCUT2D eigenvalue weighted by Crippen LogP contribution is -2.32. The first-order valence-electron chi connectivity index (χ1n) is 5.14. The van der Waals surface area contributed by atoms with E-state index < -0.39 is 0 Å². The SMILES string of the molecule is Cc1cc2c(cc1C)N=C(SCC(=O)NN)[N]2. The lowest BCUT2D eigenvalue weighted by atomic mass is 10.1. The third kappa shape index (κ3) is 2.59. The van der Waals surface area contributed by atoms with Gasteiger partial charge in [-0.3, -0.25) is 10.2 Å². The number of fused-ring (bicyclic) bond motifs is 1. The molecule has 0 aromatic heterocycles. The summed E-state index contributed by atoms with van der Waals surface area (Å²) < 4.78 is 0. The van der Waals surface area contributed by atoms with Crippen molar-refractivity contribution in [2.45, 2.75) is 13.8 Å². The number of carbonyl (C=O) groups excluding carboxylic acids is 1. The maximum Gasteiger partial charge on any atom is 0.244 e. The van der Waals surface area contributed by atoms with Gasteiger partial charge in [-0.25, -0.2) is 16.2 Å². The molecule has 1 radical (unpaired) electrons. The van der Waals surface area contributed by atoms with Crippen molar-refractivity contribution in [1.29, 1.82) is 0 Å². The molecule has 1 aromatic rings. The van der Waals surface area contributed by atoms with Gasteiger partial charge in [-0.05, 0) is 37.1 Å². The molecule has 0 aliphatic carbocycles. The highest BCUT2D eigenvalue weighted by Gasteiger charge is 2.18. The molecule has 0 spiro atoms. The first kappa shape index (κ1) is 11.9. The van der Waals surface area contributed by atoms with Crippen molar-refractivity contribution in [2.75, 3.05) is 5.75 Å². The third-order valence-corrected chi connectivity index (χ3v) is 3.36. The number of nitrogens with one attached hydrogen (secondary N) is 1. The molecular formula is C11H13N4OS. The smallest absolute Gasteiger partial charge is 0.244 e. The van der Waals surface area contributed by atoms with Crippen LogP contribution >= 0.6 is 11.8 Å². The number of amidine groups is 1. The Hall–Kier alpha value is -1.53. The predicted molar refractivity (Wildman–Crippen MR) is 69.6 cm³/mol. The van der Waals surface area contributed by atoms with Crippen LogP contribution in [0.1, 0.15) is 11.1 Å². The Bertz CT molecular complexity index is 498. The molecule has 1 aromatic carbocycles. The highest BCUT2D eigenvalue weighted by atomic mass is 32.2. The fourth-order valence-corrected chi connectivity index (χ4v) is 2.10. The molecule has 0 fully saturated rings. The van der Waals surface area contributed by atoms with E-state index in [4.69, 9.17) is 5.84 Å². The summed E-state index contributed by atoms with van der Waals surface area (Å²) in [7, 11) is 0. The average Bonchev–Trinajstić information content (AvgIpc) is 2.68. The van der Waals surface area contributed by atoms with Crippen LogP contribution < -0.4 is 16.6 Å². The van der Waals surface area contributed by atoms with Crippen molar-refractivity contribution < 1.29 is 4.79 Å². The topological polar surface area (TPSA) is 81.6 Å². The molecule has 1 amide bonds. The zero-order valence-corrected chi connectivity index (χ0v) is 10.5. The van der Waals surface area contributed by atoms with Crippen LogP contribution in [0.5, 0.6) is 0 Å². The first-order chi connectivity index (χ1) is 8.10. The molecule has 2 rings (SSSR count). The molecule has 0 saturated heterocycles. The second kappa shape index (κ2) is 4.77. The summed E-state index contributed by atoms with van der Waals surface area (Å²) in [6, 6.07) is 4.01. The minimum Gasteiger partial charge on any atom is -0.294 e. The van der Waals surface area contributed by atoms with E-state index in [1.54, 1.807) is 0 Å². The highest BCUT2D eigenvalue weighted by molar-refractivity contribution is 8.14. The lowest BCUT2D eigenvalue weighted by Gasteiger charge is -2.02. The van der Waals surface area contributed by atoms with Crippen molar-refractivity contribution in [3.8, 4) is 0 Å². The maximum atomic E-state index is 11.0. The van der Waals surface area contributed by atoms with Gasteiger partial charge in [-0.2, -0.15) is 0 Å². The molecule has 89 valence electrons. The number of aliphatic imine (C=N–C) groups is 1. The summed E-state index contributed by atoms with van der Waals surface area (Å²) in [6.45, 7) is 4.08. The molecule has 0 unspecified atom stereocenters. The van der Waals surface area contributed by atoms with E-state index in [0.29, 0.717) is 5.17 Å². The minimum absolute atomic E-state index is 0.227. The van der Waals surface area contributed by atoms with Crippen LogP contribution in [-0.2, 0) is 4.79 Å². The molecule has 17 heavy (non-hydrogen) atoms. The van der Waals surface area contributed by atoms with Crippen molar-refractivity contribution in [3.63, 3.8) is 0 Å². The zero-order valence-electron chi connectivity index (χ0n) is 9.65. The Labute approximate surface area is 104 Å². The van der Waals surface area contributed by atoms with Crippen LogP contribution in [-0.4, -0.2) is 16.8 Å². The van der Waals surface area contributed by atoms with E-state index >= 15 is 0 Å². The molecule has 6 heteroatoms. The van der Waals surface area contributed by atoms with Crippen LogP contribution in [0.3, 0.4) is 0 Å². The van der Waals surface area contributed by atoms with Crippen LogP contribution in [0.4, 0.5) is 11.4 Å². The number of nitrogens with zero attached hydrogens (tertiary/aromatic N) is 2. The summed E-state index contributed by atoms with van der Waals surface area (Å²) >= 11 is 1.28. The number of aryl methyl sites for hydroxylation is 2. The minimum atomic E-state index is -0.240. The van der Waals surface area contributed by atoms with Gasteiger partial charge >= 0.3 is 0 Å². The molecule has 3 N–H and O–H groups in total. The van der Waals surface area contributed by atoms with Crippen molar-refractivity contribution >= 4 is 34.2 Å². The molecule has 5 nitrogen and oxygen atoms in total. The third-order valence-electron chi connectivity index (χ3n) is 2.52. The number of thioether (sulfide) groups is 1. The first-order valence-corrected chi connectivity index (χ1v) is 6.12. The van der Waals surface area contributed by atoms with Crippen molar-refractivity contribution in [2.24, 2.45) is 10.8 Å². The number of hydrogen-bond donors (Lipinski definition) is 2. The van der Waals surface area contributed by atoms with E-state index in [1.165, 1.54) is 22.9 Å². The van der Waals surface area contributed by atoms with E-state index in [2.05, 4.69) is 15.7 Å². The number of hydrogen-bond acceptors (Lipinski definition) is 4. The van der Waals surface area contributed by atoms with Crippen LogP contribution in [0, 0.1) is 13.8 Å². The van der Waals surface area contributed by atoms with Crippen LogP contribution in [0.15, 0.2) is 17.1 Å². The maximum absolute atomic E-state index is 11.0. The van der Waals surface area contributed by atoms with Gasteiger partial charge in [0.05, 0.1) is 17.1 Å². The van der Waals surface area contributed by atoms with Crippen LogP contribution in [0.25, 0.3) is 0 Å². The predicted octanol–water partition coefficient (Wildman–Crippen LogP) is 1.26. The number of hydrazine groups is 1.